The highest BCUT2D eigenvalue weighted by atomic mass is 127. The van der Waals surface area contributed by atoms with Crippen molar-refractivity contribution in [2.75, 3.05) is 4.43 Å². The number of hydrogen-bond acceptors (Lipinski definition) is 2. The summed E-state index contributed by atoms with van der Waals surface area (Å²) in [6.07, 6.45) is 3.22. The average molecular weight is 224 g/mol. The van der Waals surface area contributed by atoms with E-state index in [1.54, 1.807) is 6.08 Å². The van der Waals surface area contributed by atoms with Gasteiger partial charge in [-0.15, -0.1) is 0 Å². The van der Waals surface area contributed by atoms with E-state index in [1.807, 2.05) is 0 Å². The normalized spacial score (nSPS) is 26.1. The zero-order valence-electron chi connectivity index (χ0n) is 4.13. The molecule has 0 saturated carbocycles. The lowest BCUT2D eigenvalue weighted by Gasteiger charge is -1.94. The summed E-state index contributed by atoms with van der Waals surface area (Å²) in [4.78, 5) is 10.5. The Morgan fingerprint density at radius 2 is 2.62 bits per heavy atom. The van der Waals surface area contributed by atoms with Crippen molar-refractivity contribution < 1.29 is 9.53 Å². The Morgan fingerprint density at radius 1 is 1.88 bits per heavy atom. The van der Waals surface area contributed by atoms with Gasteiger partial charge < -0.3 is 4.74 Å². The molecule has 1 unspecified atom stereocenters. The molecule has 1 aliphatic rings. The van der Waals surface area contributed by atoms with E-state index in [4.69, 9.17) is 0 Å². The molecule has 44 valence electrons. The molecule has 8 heavy (non-hydrogen) atoms. The van der Waals surface area contributed by atoms with Crippen LogP contribution in [0.15, 0.2) is 12.3 Å². The molecule has 0 saturated heterocycles. The first-order valence-electron chi connectivity index (χ1n) is 2.27. The molecule has 0 spiro atoms. The summed E-state index contributed by atoms with van der Waals surface area (Å²) >= 11 is 2.15. The maximum absolute atomic E-state index is 10.5. The second kappa shape index (κ2) is 2.48. The van der Waals surface area contributed by atoms with Crippen molar-refractivity contribution in [3.05, 3.63) is 12.3 Å². The molecule has 0 aliphatic carbocycles. The Kier molecular flexibility index (Phi) is 1.88. The molecule has 0 aromatic heterocycles. The summed E-state index contributed by atoms with van der Waals surface area (Å²) in [6.45, 7) is 0. The van der Waals surface area contributed by atoms with E-state index in [-0.39, 0.29) is 11.9 Å². The van der Waals surface area contributed by atoms with Crippen molar-refractivity contribution in [1.29, 1.82) is 0 Å². The molecule has 1 rings (SSSR count). The van der Waals surface area contributed by atoms with Crippen LogP contribution >= 0.6 is 22.6 Å². The highest BCUT2D eigenvalue weighted by Crippen LogP contribution is 2.12. The topological polar surface area (TPSA) is 26.3 Å². The lowest BCUT2D eigenvalue weighted by molar-refractivity contribution is -0.138. The third-order valence-electron chi connectivity index (χ3n) is 0.964. The van der Waals surface area contributed by atoms with E-state index in [9.17, 15) is 4.79 Å². The van der Waals surface area contributed by atoms with Gasteiger partial charge in [0.05, 0.1) is 12.2 Å². The fourth-order valence-electron chi connectivity index (χ4n) is 0.482. The van der Waals surface area contributed by atoms with Gasteiger partial charge in [-0.1, -0.05) is 22.6 Å². The number of esters is 1. The van der Waals surface area contributed by atoms with Gasteiger partial charge in [0.15, 0.2) is 0 Å². The van der Waals surface area contributed by atoms with E-state index in [0.717, 1.165) is 4.43 Å². The van der Waals surface area contributed by atoms with Gasteiger partial charge in [-0.25, -0.2) is 0 Å². The summed E-state index contributed by atoms with van der Waals surface area (Å²) < 4.78 is 5.34. The minimum Gasteiger partial charge on any atom is -0.434 e. The summed E-state index contributed by atoms with van der Waals surface area (Å²) in [7, 11) is 0. The number of alkyl halides is 1. The van der Waals surface area contributed by atoms with E-state index < -0.39 is 0 Å². The molecule has 0 N–H and O–H groups in total. The van der Waals surface area contributed by atoms with Gasteiger partial charge in [0.2, 0.25) is 0 Å². The average Bonchev–Trinajstić information content (AvgIpc) is 2.14. The molecule has 0 radical (unpaired) electrons. The Balaban J connectivity index is 2.53. The maximum atomic E-state index is 10.5. The van der Waals surface area contributed by atoms with Gasteiger partial charge in [0, 0.05) is 4.43 Å². The van der Waals surface area contributed by atoms with Crippen LogP contribution in [0.1, 0.15) is 0 Å². The quantitative estimate of drug-likeness (QED) is 0.379. The first-order chi connectivity index (χ1) is 3.84. The smallest absolute Gasteiger partial charge is 0.318 e. The summed E-state index contributed by atoms with van der Waals surface area (Å²) in [5, 5.41) is 0. The summed E-state index contributed by atoms with van der Waals surface area (Å²) in [5.41, 5.74) is 0. The minimum absolute atomic E-state index is 0.00981. The number of carbonyl (C=O) groups excluding carboxylic acids is 1. The van der Waals surface area contributed by atoms with Crippen LogP contribution in [0, 0.1) is 5.92 Å². The third-order valence-corrected chi connectivity index (χ3v) is 1.91. The number of carbonyl (C=O) groups is 1. The van der Waals surface area contributed by atoms with Crippen LogP contribution in [0.2, 0.25) is 0 Å². The van der Waals surface area contributed by atoms with Crippen molar-refractivity contribution in [2.45, 2.75) is 0 Å². The van der Waals surface area contributed by atoms with Crippen LogP contribution in [0.25, 0.3) is 0 Å². The van der Waals surface area contributed by atoms with E-state index in [0.29, 0.717) is 0 Å². The second-order valence-electron chi connectivity index (χ2n) is 1.53. The van der Waals surface area contributed by atoms with Crippen molar-refractivity contribution in [3.63, 3.8) is 0 Å². The van der Waals surface area contributed by atoms with Gasteiger partial charge in [0.25, 0.3) is 0 Å². The SMILES string of the molecule is O=C1OC=CC1CI. The molecule has 0 bridgehead atoms. The van der Waals surface area contributed by atoms with E-state index >= 15 is 0 Å². The number of hydrogen-bond donors (Lipinski definition) is 0. The molecule has 0 amide bonds. The third kappa shape index (κ3) is 1.02. The number of ether oxygens (including phenoxy) is 1. The Morgan fingerprint density at radius 3 is 2.88 bits per heavy atom. The van der Waals surface area contributed by atoms with Crippen molar-refractivity contribution >= 4 is 28.6 Å². The van der Waals surface area contributed by atoms with Crippen molar-refractivity contribution in [2.24, 2.45) is 5.92 Å². The van der Waals surface area contributed by atoms with E-state index in [1.165, 1.54) is 6.26 Å². The number of rotatable bonds is 1. The number of halogens is 1. The number of cyclic esters (lactones) is 1. The van der Waals surface area contributed by atoms with Crippen LogP contribution < -0.4 is 0 Å². The Labute approximate surface area is 61.0 Å². The van der Waals surface area contributed by atoms with Gasteiger partial charge >= 0.3 is 5.97 Å². The van der Waals surface area contributed by atoms with Gasteiger partial charge in [-0.05, 0) is 6.08 Å². The molecule has 1 atom stereocenters. The predicted octanol–water partition coefficient (Wildman–Crippen LogP) is 1.11. The van der Waals surface area contributed by atoms with Gasteiger partial charge in [-0.3, -0.25) is 4.79 Å². The van der Waals surface area contributed by atoms with Gasteiger partial charge in [-0.2, -0.15) is 0 Å². The lowest BCUT2D eigenvalue weighted by Crippen LogP contribution is -2.08. The maximum Gasteiger partial charge on any atom is 0.318 e. The standard InChI is InChI=1S/C5H5IO2/c6-3-4-1-2-8-5(4)7/h1-2,4H,3H2. The fourth-order valence-corrected chi connectivity index (χ4v) is 1.13. The highest BCUT2D eigenvalue weighted by Gasteiger charge is 2.19. The second-order valence-corrected chi connectivity index (χ2v) is 2.41. The van der Waals surface area contributed by atoms with E-state index in [2.05, 4.69) is 27.3 Å². The van der Waals surface area contributed by atoms with Gasteiger partial charge in [0.1, 0.15) is 0 Å². The molecule has 0 aromatic rings. The summed E-state index contributed by atoms with van der Waals surface area (Å²) in [6, 6.07) is 0. The largest absolute Gasteiger partial charge is 0.434 e. The monoisotopic (exact) mass is 224 g/mol. The molecule has 3 heteroatoms. The molecule has 0 aromatic carbocycles. The van der Waals surface area contributed by atoms with Crippen molar-refractivity contribution in [1.82, 2.24) is 0 Å². The lowest BCUT2D eigenvalue weighted by atomic mass is 10.2. The van der Waals surface area contributed by atoms with Crippen LogP contribution in [0.4, 0.5) is 0 Å². The summed E-state index contributed by atoms with van der Waals surface area (Å²) in [5.74, 6) is -0.116. The van der Waals surface area contributed by atoms with Crippen LogP contribution in [0.3, 0.4) is 0 Å². The predicted molar refractivity (Wildman–Crippen MR) is 37.6 cm³/mol. The first kappa shape index (κ1) is 6.07. The molecule has 2 nitrogen and oxygen atoms in total. The molecular formula is C5H5IO2. The Hall–Kier alpha value is -0.0600. The van der Waals surface area contributed by atoms with Crippen LogP contribution in [-0.2, 0) is 9.53 Å². The fraction of sp³-hybridized carbons (Fsp3) is 0.400. The van der Waals surface area contributed by atoms with Crippen molar-refractivity contribution in [3.8, 4) is 0 Å². The van der Waals surface area contributed by atoms with Crippen LogP contribution in [-0.4, -0.2) is 10.4 Å². The zero-order valence-corrected chi connectivity index (χ0v) is 6.29. The highest BCUT2D eigenvalue weighted by molar-refractivity contribution is 14.1. The first-order valence-corrected chi connectivity index (χ1v) is 3.80. The molecule has 0 fully saturated rings. The zero-order chi connectivity index (χ0) is 5.98. The molecular weight excluding hydrogens is 219 g/mol. The van der Waals surface area contributed by atoms with Crippen LogP contribution in [0.5, 0.6) is 0 Å². The molecule has 1 heterocycles. The Bertz CT molecular complexity index is 130. The molecule has 1 aliphatic heterocycles. The minimum atomic E-state index is -0.126.